The van der Waals surface area contributed by atoms with Crippen molar-refractivity contribution in [3.8, 4) is 0 Å². The third kappa shape index (κ3) is 35.0. The SMILES string of the molecule is CCCCCCCCCCCCCCCC=CC=CC(=O)OCCCCCCCCCCCCCCCC(C)C. The molecule has 0 radical (unpaired) electrons. The predicted molar refractivity (Wildman–Crippen MR) is 179 cm³/mol. The van der Waals surface area contributed by atoms with Crippen LogP contribution in [0.1, 0.15) is 201 Å². The molecule has 2 nitrogen and oxygen atoms in total. The molecular weight excluding hydrogens is 488 g/mol. The maximum absolute atomic E-state index is 11.8. The molecule has 0 aromatic heterocycles. The third-order valence-electron chi connectivity index (χ3n) is 8.12. The van der Waals surface area contributed by atoms with Gasteiger partial charge >= 0.3 is 5.97 Å². The Morgan fingerprint density at radius 1 is 0.525 bits per heavy atom. The minimum absolute atomic E-state index is 0.203. The molecule has 236 valence electrons. The molecule has 0 N–H and O–H groups in total. The lowest BCUT2D eigenvalue weighted by Crippen LogP contribution is -2.02. The van der Waals surface area contributed by atoms with Crippen LogP contribution < -0.4 is 0 Å². The summed E-state index contributed by atoms with van der Waals surface area (Å²) in [5.74, 6) is 0.665. The van der Waals surface area contributed by atoms with Crippen molar-refractivity contribution in [1.29, 1.82) is 0 Å². The van der Waals surface area contributed by atoms with Crippen LogP contribution in [-0.2, 0) is 9.53 Å². The van der Waals surface area contributed by atoms with E-state index in [-0.39, 0.29) is 5.97 Å². The number of allylic oxidation sites excluding steroid dienone is 3. The summed E-state index contributed by atoms with van der Waals surface area (Å²) in [5, 5.41) is 0. The smallest absolute Gasteiger partial charge is 0.330 e. The molecule has 0 rings (SSSR count). The van der Waals surface area contributed by atoms with Crippen molar-refractivity contribution in [2.45, 2.75) is 201 Å². The Morgan fingerprint density at radius 2 is 0.925 bits per heavy atom. The molecule has 0 saturated carbocycles. The van der Waals surface area contributed by atoms with E-state index in [2.05, 4.69) is 26.8 Å². The van der Waals surface area contributed by atoms with Crippen molar-refractivity contribution in [3.63, 3.8) is 0 Å². The van der Waals surface area contributed by atoms with Crippen LogP contribution in [0.4, 0.5) is 0 Å². The van der Waals surface area contributed by atoms with Crippen LogP contribution in [0.3, 0.4) is 0 Å². The molecule has 0 heterocycles. The van der Waals surface area contributed by atoms with E-state index in [9.17, 15) is 4.79 Å². The molecule has 0 saturated heterocycles. The van der Waals surface area contributed by atoms with Gasteiger partial charge in [-0.1, -0.05) is 200 Å². The monoisotopic (exact) mass is 561 g/mol. The summed E-state index contributed by atoms with van der Waals surface area (Å²) in [6.45, 7) is 7.50. The lowest BCUT2D eigenvalue weighted by Gasteiger charge is -2.05. The second-order valence-electron chi connectivity index (χ2n) is 12.8. The van der Waals surface area contributed by atoms with Crippen molar-refractivity contribution < 1.29 is 9.53 Å². The van der Waals surface area contributed by atoms with E-state index in [4.69, 9.17) is 4.74 Å². The summed E-state index contributed by atoms with van der Waals surface area (Å²) >= 11 is 0. The minimum atomic E-state index is -0.203. The minimum Gasteiger partial charge on any atom is -0.463 e. The summed E-state index contributed by atoms with van der Waals surface area (Å²) < 4.78 is 5.33. The van der Waals surface area contributed by atoms with Crippen molar-refractivity contribution in [2.75, 3.05) is 6.61 Å². The average molecular weight is 561 g/mol. The molecule has 0 aliphatic rings. The summed E-state index contributed by atoms with van der Waals surface area (Å²) in [6, 6.07) is 0. The molecule has 0 fully saturated rings. The maximum Gasteiger partial charge on any atom is 0.330 e. The first-order valence-electron chi connectivity index (χ1n) is 18.2. The molecule has 2 heteroatoms. The highest BCUT2D eigenvalue weighted by atomic mass is 16.5. The lowest BCUT2D eigenvalue weighted by atomic mass is 10.0. The van der Waals surface area contributed by atoms with E-state index in [1.165, 1.54) is 167 Å². The van der Waals surface area contributed by atoms with Gasteiger partial charge in [-0.15, -0.1) is 0 Å². The predicted octanol–water partition coefficient (Wildman–Crippen LogP) is 13.2. The van der Waals surface area contributed by atoms with Gasteiger partial charge in [-0.05, 0) is 25.2 Å². The van der Waals surface area contributed by atoms with E-state index < -0.39 is 0 Å². The summed E-state index contributed by atoms with van der Waals surface area (Å²) in [4.78, 5) is 11.8. The van der Waals surface area contributed by atoms with Gasteiger partial charge in [-0.25, -0.2) is 4.79 Å². The van der Waals surface area contributed by atoms with Gasteiger partial charge < -0.3 is 4.74 Å². The van der Waals surface area contributed by atoms with Crippen molar-refractivity contribution in [3.05, 3.63) is 24.3 Å². The van der Waals surface area contributed by atoms with Crippen LogP contribution in [0, 0.1) is 5.92 Å². The number of carbonyl (C=O) groups is 1. The number of esters is 1. The van der Waals surface area contributed by atoms with E-state index >= 15 is 0 Å². The standard InChI is InChI=1S/C38H72O2/c1-4-5-6-7-8-9-10-11-12-13-14-17-20-23-26-29-32-35-38(39)40-36-33-30-27-24-21-18-15-16-19-22-25-28-31-34-37(2)3/h26,29,32,35,37H,4-25,27-28,30-31,33-34,36H2,1-3H3. The topological polar surface area (TPSA) is 26.3 Å². The lowest BCUT2D eigenvalue weighted by molar-refractivity contribution is -0.137. The molecule has 0 aromatic carbocycles. The second-order valence-corrected chi connectivity index (χ2v) is 12.8. The van der Waals surface area contributed by atoms with Crippen molar-refractivity contribution in [1.82, 2.24) is 0 Å². The molecular formula is C38H72O2. The number of hydrogen-bond donors (Lipinski definition) is 0. The Labute approximate surface area is 252 Å². The Morgan fingerprint density at radius 3 is 1.38 bits per heavy atom. The van der Waals surface area contributed by atoms with E-state index in [0.717, 1.165) is 18.8 Å². The molecule has 0 aliphatic heterocycles. The molecule has 0 bridgehead atoms. The Kier molecular flexibility index (Phi) is 33.3. The molecule has 0 unspecified atom stereocenters. The number of rotatable bonds is 32. The number of ether oxygens (including phenoxy) is 1. The zero-order valence-electron chi connectivity index (χ0n) is 27.7. The summed E-state index contributed by atoms with van der Waals surface area (Å²) in [6.07, 6.45) is 45.7. The molecule has 0 amide bonds. The normalized spacial score (nSPS) is 11.9. The Hall–Kier alpha value is -1.05. The molecule has 0 atom stereocenters. The fourth-order valence-electron chi connectivity index (χ4n) is 5.41. The zero-order chi connectivity index (χ0) is 29.2. The number of unbranched alkanes of at least 4 members (excludes halogenated alkanes) is 25. The van der Waals surface area contributed by atoms with Gasteiger partial charge in [0.25, 0.3) is 0 Å². The maximum atomic E-state index is 11.8. The van der Waals surface area contributed by atoms with Crippen molar-refractivity contribution in [2.24, 2.45) is 5.92 Å². The van der Waals surface area contributed by atoms with Crippen LogP contribution >= 0.6 is 0 Å². The number of hydrogen-bond acceptors (Lipinski definition) is 2. The van der Waals surface area contributed by atoms with E-state index in [1.807, 2.05) is 12.2 Å². The van der Waals surface area contributed by atoms with Crippen LogP contribution in [0.25, 0.3) is 0 Å². The van der Waals surface area contributed by atoms with Gasteiger partial charge in [0.05, 0.1) is 6.61 Å². The van der Waals surface area contributed by atoms with Gasteiger partial charge in [0.1, 0.15) is 0 Å². The quantitative estimate of drug-likeness (QED) is 0.0354. The average Bonchev–Trinajstić information content (AvgIpc) is 2.94. The first-order chi connectivity index (χ1) is 19.7. The summed E-state index contributed by atoms with van der Waals surface area (Å²) in [5.41, 5.74) is 0. The highest BCUT2D eigenvalue weighted by Crippen LogP contribution is 2.15. The number of carbonyl (C=O) groups excluding carboxylic acids is 1. The molecule has 0 spiro atoms. The van der Waals surface area contributed by atoms with Crippen LogP contribution in [0.2, 0.25) is 0 Å². The van der Waals surface area contributed by atoms with Gasteiger partial charge in [-0.3, -0.25) is 0 Å². The van der Waals surface area contributed by atoms with Gasteiger partial charge in [0.15, 0.2) is 0 Å². The van der Waals surface area contributed by atoms with Gasteiger partial charge in [0.2, 0.25) is 0 Å². The highest BCUT2D eigenvalue weighted by Gasteiger charge is 1.98. The second kappa shape index (κ2) is 34.2. The van der Waals surface area contributed by atoms with Crippen molar-refractivity contribution >= 4 is 5.97 Å². The molecule has 0 aromatic rings. The fraction of sp³-hybridized carbons (Fsp3) is 0.868. The summed E-state index contributed by atoms with van der Waals surface area (Å²) in [7, 11) is 0. The molecule has 40 heavy (non-hydrogen) atoms. The zero-order valence-corrected chi connectivity index (χ0v) is 27.7. The highest BCUT2D eigenvalue weighted by molar-refractivity contribution is 5.82. The van der Waals surface area contributed by atoms with Crippen LogP contribution in [0.5, 0.6) is 0 Å². The first-order valence-corrected chi connectivity index (χ1v) is 18.2. The fourth-order valence-corrected chi connectivity index (χ4v) is 5.41. The first kappa shape index (κ1) is 39.0. The van der Waals surface area contributed by atoms with Crippen LogP contribution in [0.15, 0.2) is 24.3 Å². The van der Waals surface area contributed by atoms with Gasteiger partial charge in [-0.2, -0.15) is 0 Å². The third-order valence-corrected chi connectivity index (χ3v) is 8.12. The van der Waals surface area contributed by atoms with Gasteiger partial charge in [0, 0.05) is 6.08 Å². The van der Waals surface area contributed by atoms with E-state index in [0.29, 0.717) is 6.61 Å². The Bertz CT molecular complexity index is 548. The van der Waals surface area contributed by atoms with E-state index in [1.54, 1.807) is 6.08 Å². The molecule has 0 aliphatic carbocycles. The Balaban J connectivity index is 3.28. The largest absolute Gasteiger partial charge is 0.463 e. The van der Waals surface area contributed by atoms with Crippen LogP contribution in [-0.4, -0.2) is 12.6 Å².